The fraction of sp³-hybridized carbons (Fsp3) is 0.316. The molecule has 5 heteroatoms. The molecule has 0 bridgehead atoms. The van der Waals surface area contributed by atoms with Gasteiger partial charge in [-0.25, -0.2) is 0 Å². The van der Waals surface area contributed by atoms with E-state index < -0.39 is 0 Å². The van der Waals surface area contributed by atoms with Crippen molar-refractivity contribution < 1.29 is 14.3 Å². The number of nitrogens with one attached hydrogen (secondary N) is 1. The molecule has 24 heavy (non-hydrogen) atoms. The maximum atomic E-state index is 11.8. The average molecular weight is 439 g/mol. The quantitative estimate of drug-likeness (QED) is 0.500. The van der Waals surface area contributed by atoms with Gasteiger partial charge in [0.25, 0.3) is 5.91 Å². The number of carbonyl (C=O) groups is 1. The molecule has 0 atom stereocenters. The molecule has 0 spiro atoms. The van der Waals surface area contributed by atoms with Crippen LogP contribution in [0.2, 0.25) is 0 Å². The Morgan fingerprint density at radius 1 is 1.08 bits per heavy atom. The predicted molar refractivity (Wildman–Crippen MR) is 104 cm³/mol. The van der Waals surface area contributed by atoms with Gasteiger partial charge in [-0.1, -0.05) is 32.0 Å². The molecule has 0 saturated heterocycles. The second-order valence-electron chi connectivity index (χ2n) is 5.63. The fourth-order valence-corrected chi connectivity index (χ4v) is 2.53. The van der Waals surface area contributed by atoms with Gasteiger partial charge in [0.1, 0.15) is 18.1 Å². The van der Waals surface area contributed by atoms with Crippen molar-refractivity contribution in [2.75, 3.05) is 19.8 Å². The van der Waals surface area contributed by atoms with E-state index in [-0.39, 0.29) is 12.5 Å². The van der Waals surface area contributed by atoms with E-state index in [9.17, 15) is 4.79 Å². The third kappa shape index (κ3) is 6.03. The number of ether oxygens (including phenoxy) is 2. The first-order valence-corrected chi connectivity index (χ1v) is 9.01. The van der Waals surface area contributed by atoms with Crippen LogP contribution in [0, 0.1) is 3.57 Å². The standard InChI is InChI=1S/C19H22INO3/c1-14(2)17-5-3-4-6-18(17)23-12-11-21-19(22)13-24-16-9-7-15(20)8-10-16/h3-10,14H,11-13H2,1-2H3,(H,21,22). The lowest BCUT2D eigenvalue weighted by Crippen LogP contribution is -2.32. The van der Waals surface area contributed by atoms with E-state index in [1.807, 2.05) is 42.5 Å². The van der Waals surface area contributed by atoms with Crippen molar-refractivity contribution in [1.82, 2.24) is 5.32 Å². The van der Waals surface area contributed by atoms with Crippen molar-refractivity contribution in [2.24, 2.45) is 0 Å². The minimum absolute atomic E-state index is 0.00315. The highest BCUT2D eigenvalue weighted by Crippen LogP contribution is 2.25. The Balaban J connectivity index is 1.69. The maximum Gasteiger partial charge on any atom is 0.258 e. The van der Waals surface area contributed by atoms with Crippen LogP contribution in [0.4, 0.5) is 0 Å². The number of hydrogen-bond acceptors (Lipinski definition) is 3. The first-order chi connectivity index (χ1) is 11.6. The van der Waals surface area contributed by atoms with Crippen molar-refractivity contribution in [3.05, 3.63) is 57.7 Å². The predicted octanol–water partition coefficient (Wildman–Crippen LogP) is 3.99. The van der Waals surface area contributed by atoms with E-state index in [0.29, 0.717) is 24.8 Å². The maximum absolute atomic E-state index is 11.8. The van der Waals surface area contributed by atoms with Crippen LogP contribution < -0.4 is 14.8 Å². The number of para-hydroxylation sites is 1. The van der Waals surface area contributed by atoms with Crippen LogP contribution in [0.15, 0.2) is 48.5 Å². The van der Waals surface area contributed by atoms with Crippen LogP contribution in [0.5, 0.6) is 11.5 Å². The Labute approximate surface area is 156 Å². The molecule has 4 nitrogen and oxygen atoms in total. The highest BCUT2D eigenvalue weighted by molar-refractivity contribution is 14.1. The molecular weight excluding hydrogens is 417 g/mol. The highest BCUT2D eigenvalue weighted by Gasteiger charge is 2.07. The average Bonchev–Trinajstić information content (AvgIpc) is 2.58. The summed E-state index contributed by atoms with van der Waals surface area (Å²) in [6.07, 6.45) is 0. The van der Waals surface area contributed by atoms with Gasteiger partial charge in [-0.3, -0.25) is 4.79 Å². The monoisotopic (exact) mass is 439 g/mol. The smallest absolute Gasteiger partial charge is 0.258 e. The van der Waals surface area contributed by atoms with E-state index in [4.69, 9.17) is 9.47 Å². The summed E-state index contributed by atoms with van der Waals surface area (Å²) in [7, 11) is 0. The zero-order valence-corrected chi connectivity index (χ0v) is 16.1. The number of amides is 1. The van der Waals surface area contributed by atoms with E-state index in [1.165, 1.54) is 5.56 Å². The van der Waals surface area contributed by atoms with Gasteiger partial charge in [0.2, 0.25) is 0 Å². The summed E-state index contributed by atoms with van der Waals surface area (Å²) in [6.45, 7) is 5.14. The van der Waals surface area contributed by atoms with Gasteiger partial charge in [-0.2, -0.15) is 0 Å². The third-order valence-electron chi connectivity index (χ3n) is 3.41. The molecule has 0 heterocycles. The lowest BCUT2D eigenvalue weighted by atomic mass is 10.0. The number of benzene rings is 2. The van der Waals surface area contributed by atoms with Gasteiger partial charge in [-0.05, 0) is 64.4 Å². The number of rotatable bonds is 8. The second kappa shape index (κ2) is 9.52. The van der Waals surface area contributed by atoms with Crippen molar-refractivity contribution in [3.8, 4) is 11.5 Å². The lowest BCUT2D eigenvalue weighted by molar-refractivity contribution is -0.123. The van der Waals surface area contributed by atoms with Crippen LogP contribution in [0.1, 0.15) is 25.3 Å². The molecule has 2 aromatic carbocycles. The SMILES string of the molecule is CC(C)c1ccccc1OCCNC(=O)COc1ccc(I)cc1. The minimum Gasteiger partial charge on any atom is -0.491 e. The van der Waals surface area contributed by atoms with Crippen molar-refractivity contribution in [1.29, 1.82) is 0 Å². The Morgan fingerprint density at radius 2 is 1.79 bits per heavy atom. The summed E-state index contributed by atoms with van der Waals surface area (Å²) < 4.78 is 12.3. The molecular formula is C19H22INO3. The highest BCUT2D eigenvalue weighted by atomic mass is 127. The van der Waals surface area contributed by atoms with Crippen LogP contribution in [0.25, 0.3) is 0 Å². The van der Waals surface area contributed by atoms with E-state index >= 15 is 0 Å². The Morgan fingerprint density at radius 3 is 2.50 bits per heavy atom. The molecule has 0 aliphatic heterocycles. The molecule has 0 aliphatic carbocycles. The zero-order chi connectivity index (χ0) is 17.4. The molecule has 2 aromatic rings. The Kier molecular flexibility index (Phi) is 7.36. The largest absolute Gasteiger partial charge is 0.491 e. The van der Waals surface area contributed by atoms with E-state index in [0.717, 1.165) is 9.32 Å². The van der Waals surface area contributed by atoms with Gasteiger partial charge in [0, 0.05) is 3.57 Å². The number of hydrogen-bond donors (Lipinski definition) is 1. The van der Waals surface area contributed by atoms with Crippen LogP contribution in [0.3, 0.4) is 0 Å². The summed E-state index contributed by atoms with van der Waals surface area (Å²) in [5, 5.41) is 2.79. The van der Waals surface area contributed by atoms with Gasteiger partial charge in [0.15, 0.2) is 6.61 Å². The normalized spacial score (nSPS) is 10.5. The first kappa shape index (κ1) is 18.6. The summed E-state index contributed by atoms with van der Waals surface area (Å²) in [5.74, 6) is 1.80. The van der Waals surface area contributed by atoms with E-state index in [2.05, 4.69) is 47.8 Å². The Hall–Kier alpha value is -1.76. The van der Waals surface area contributed by atoms with Crippen LogP contribution in [-0.4, -0.2) is 25.7 Å². The van der Waals surface area contributed by atoms with Gasteiger partial charge in [-0.15, -0.1) is 0 Å². The molecule has 1 amide bonds. The molecule has 2 rings (SSSR count). The van der Waals surface area contributed by atoms with Crippen molar-refractivity contribution >= 4 is 28.5 Å². The molecule has 0 aliphatic rings. The second-order valence-corrected chi connectivity index (χ2v) is 6.88. The molecule has 0 unspecified atom stereocenters. The third-order valence-corrected chi connectivity index (χ3v) is 4.13. The summed E-state index contributed by atoms with van der Waals surface area (Å²) in [4.78, 5) is 11.8. The number of halogens is 1. The van der Waals surface area contributed by atoms with E-state index in [1.54, 1.807) is 0 Å². The topological polar surface area (TPSA) is 47.6 Å². The van der Waals surface area contributed by atoms with Gasteiger partial charge >= 0.3 is 0 Å². The molecule has 1 N–H and O–H groups in total. The lowest BCUT2D eigenvalue weighted by Gasteiger charge is -2.14. The van der Waals surface area contributed by atoms with Gasteiger partial charge in [0.05, 0.1) is 6.54 Å². The first-order valence-electron chi connectivity index (χ1n) is 7.93. The van der Waals surface area contributed by atoms with Gasteiger partial charge < -0.3 is 14.8 Å². The number of carbonyl (C=O) groups excluding carboxylic acids is 1. The summed E-state index contributed by atoms with van der Waals surface area (Å²) in [5.41, 5.74) is 1.17. The zero-order valence-electron chi connectivity index (χ0n) is 13.9. The van der Waals surface area contributed by atoms with Crippen molar-refractivity contribution in [3.63, 3.8) is 0 Å². The summed E-state index contributed by atoms with van der Waals surface area (Å²) >= 11 is 2.22. The summed E-state index contributed by atoms with van der Waals surface area (Å²) in [6, 6.07) is 15.6. The molecule has 128 valence electrons. The van der Waals surface area contributed by atoms with Crippen LogP contribution in [-0.2, 0) is 4.79 Å². The van der Waals surface area contributed by atoms with Crippen molar-refractivity contribution in [2.45, 2.75) is 19.8 Å². The van der Waals surface area contributed by atoms with Crippen LogP contribution >= 0.6 is 22.6 Å². The Bertz CT molecular complexity index is 656. The molecule has 0 saturated carbocycles. The molecule has 0 fully saturated rings. The molecule has 0 radical (unpaired) electrons. The fourth-order valence-electron chi connectivity index (χ4n) is 2.17. The molecule has 0 aromatic heterocycles. The minimum atomic E-state index is -0.158.